The standard InChI is InChI=1S/C19H22N4OS/c1-19(2)9-14-12(10-24-19)8-13-15-16(25-18(13)22-14)17(21-11-20-15)23-6-4-3-5-7-23/h8,11H,3-7,9-10H2,1-2H3. The zero-order valence-electron chi connectivity index (χ0n) is 14.7. The lowest BCUT2D eigenvalue weighted by Gasteiger charge is -2.30. The van der Waals surface area contributed by atoms with Crippen LogP contribution in [0.1, 0.15) is 44.4 Å². The maximum Gasteiger partial charge on any atom is 0.150 e. The third-order valence-corrected chi connectivity index (χ3v) is 6.35. The molecule has 25 heavy (non-hydrogen) atoms. The first-order valence-electron chi connectivity index (χ1n) is 9.06. The highest BCUT2D eigenvalue weighted by Crippen LogP contribution is 2.39. The van der Waals surface area contributed by atoms with Gasteiger partial charge in [-0.25, -0.2) is 15.0 Å². The van der Waals surface area contributed by atoms with E-state index < -0.39 is 0 Å². The Morgan fingerprint density at radius 2 is 2.00 bits per heavy atom. The Kier molecular flexibility index (Phi) is 3.47. The summed E-state index contributed by atoms with van der Waals surface area (Å²) in [6.07, 6.45) is 6.38. The second-order valence-corrected chi connectivity index (χ2v) is 8.70. The average Bonchev–Trinajstić information content (AvgIpc) is 2.97. The second-order valence-electron chi connectivity index (χ2n) is 7.70. The van der Waals surface area contributed by atoms with Gasteiger partial charge >= 0.3 is 0 Å². The molecule has 5 heterocycles. The Balaban J connectivity index is 1.68. The lowest BCUT2D eigenvalue weighted by Crippen LogP contribution is -2.32. The Bertz CT molecular complexity index is 959. The van der Waals surface area contributed by atoms with Gasteiger partial charge in [-0.05, 0) is 39.2 Å². The van der Waals surface area contributed by atoms with E-state index in [2.05, 4.69) is 34.8 Å². The fourth-order valence-electron chi connectivity index (χ4n) is 3.90. The predicted molar refractivity (Wildman–Crippen MR) is 101 cm³/mol. The monoisotopic (exact) mass is 354 g/mol. The highest BCUT2D eigenvalue weighted by atomic mass is 32.1. The lowest BCUT2D eigenvalue weighted by atomic mass is 9.95. The summed E-state index contributed by atoms with van der Waals surface area (Å²) in [7, 11) is 0. The zero-order valence-corrected chi connectivity index (χ0v) is 15.5. The van der Waals surface area contributed by atoms with Gasteiger partial charge in [0.15, 0.2) is 0 Å². The largest absolute Gasteiger partial charge is 0.370 e. The first kappa shape index (κ1) is 15.5. The number of hydrogen-bond donors (Lipinski definition) is 0. The van der Waals surface area contributed by atoms with Gasteiger partial charge in [-0.2, -0.15) is 0 Å². The van der Waals surface area contributed by atoms with Gasteiger partial charge in [0.25, 0.3) is 0 Å². The summed E-state index contributed by atoms with van der Waals surface area (Å²) >= 11 is 1.74. The number of anilines is 1. The number of pyridine rings is 1. The van der Waals surface area contributed by atoms with Crippen molar-refractivity contribution >= 4 is 37.6 Å². The maximum atomic E-state index is 5.97. The molecule has 0 saturated carbocycles. The van der Waals surface area contributed by atoms with E-state index in [1.54, 1.807) is 17.7 Å². The molecule has 0 unspecified atom stereocenters. The molecular weight excluding hydrogens is 332 g/mol. The Labute approximate surface area is 151 Å². The van der Waals surface area contributed by atoms with Crippen LogP contribution in [0.4, 0.5) is 5.82 Å². The highest BCUT2D eigenvalue weighted by molar-refractivity contribution is 7.25. The zero-order chi connectivity index (χ0) is 17.0. The van der Waals surface area contributed by atoms with Crippen LogP contribution in [0.15, 0.2) is 12.4 Å². The van der Waals surface area contributed by atoms with E-state index >= 15 is 0 Å². The van der Waals surface area contributed by atoms with E-state index in [-0.39, 0.29) is 5.60 Å². The normalized spacial score (nSPS) is 20.2. The molecule has 2 aliphatic rings. The molecule has 0 atom stereocenters. The van der Waals surface area contributed by atoms with Crippen LogP contribution in [-0.2, 0) is 17.8 Å². The molecule has 0 N–H and O–H groups in total. The summed E-state index contributed by atoms with van der Waals surface area (Å²) < 4.78 is 7.15. The van der Waals surface area contributed by atoms with Gasteiger partial charge in [-0.3, -0.25) is 0 Å². The summed E-state index contributed by atoms with van der Waals surface area (Å²) in [6, 6.07) is 2.23. The van der Waals surface area contributed by atoms with Crippen molar-refractivity contribution in [2.24, 2.45) is 0 Å². The molecule has 3 aromatic rings. The molecule has 0 bridgehead atoms. The predicted octanol–water partition coefficient (Wildman–Crippen LogP) is 4.08. The second kappa shape index (κ2) is 5.61. The van der Waals surface area contributed by atoms with Gasteiger partial charge in [0.1, 0.15) is 17.0 Å². The fourth-order valence-corrected chi connectivity index (χ4v) is 5.05. The highest BCUT2D eigenvalue weighted by Gasteiger charge is 2.28. The van der Waals surface area contributed by atoms with E-state index in [0.29, 0.717) is 6.61 Å². The Hall–Kier alpha value is -1.79. The van der Waals surface area contributed by atoms with Crippen LogP contribution >= 0.6 is 11.3 Å². The van der Waals surface area contributed by atoms with Crippen LogP contribution in [0.25, 0.3) is 20.4 Å². The van der Waals surface area contributed by atoms with Crippen molar-refractivity contribution in [3.63, 3.8) is 0 Å². The maximum absolute atomic E-state index is 5.97. The van der Waals surface area contributed by atoms with Gasteiger partial charge in [-0.15, -0.1) is 11.3 Å². The molecule has 0 radical (unpaired) electrons. The quantitative estimate of drug-likeness (QED) is 0.659. The summed E-state index contributed by atoms with van der Waals surface area (Å²) in [4.78, 5) is 17.7. The third kappa shape index (κ3) is 2.59. The SMILES string of the molecule is CC1(C)Cc2nc3sc4c(N5CCCCC5)ncnc4c3cc2CO1. The Morgan fingerprint density at radius 1 is 1.16 bits per heavy atom. The van der Waals surface area contributed by atoms with Gasteiger partial charge in [0, 0.05) is 30.5 Å². The molecular formula is C19H22N4OS. The summed E-state index contributed by atoms with van der Waals surface area (Å²) in [5.41, 5.74) is 3.27. The molecule has 0 amide bonds. The van der Waals surface area contributed by atoms with Crippen molar-refractivity contribution in [1.82, 2.24) is 15.0 Å². The van der Waals surface area contributed by atoms with Crippen molar-refractivity contribution in [2.45, 2.75) is 51.7 Å². The smallest absolute Gasteiger partial charge is 0.150 e. The van der Waals surface area contributed by atoms with Crippen LogP contribution < -0.4 is 4.90 Å². The number of aromatic nitrogens is 3. The molecule has 0 spiro atoms. The summed E-state index contributed by atoms with van der Waals surface area (Å²) in [5, 5.41) is 1.14. The molecule has 130 valence electrons. The third-order valence-electron chi connectivity index (χ3n) is 5.26. The van der Waals surface area contributed by atoms with E-state index in [4.69, 9.17) is 9.72 Å². The van der Waals surface area contributed by atoms with E-state index in [1.165, 1.54) is 35.2 Å². The van der Waals surface area contributed by atoms with Gasteiger partial charge in [-0.1, -0.05) is 0 Å². The van der Waals surface area contributed by atoms with Crippen molar-refractivity contribution in [3.8, 4) is 0 Å². The molecule has 0 aromatic carbocycles. The van der Waals surface area contributed by atoms with Gasteiger partial charge in [0.05, 0.1) is 28.1 Å². The van der Waals surface area contributed by atoms with E-state index in [1.807, 2.05) is 0 Å². The first-order valence-corrected chi connectivity index (χ1v) is 9.87. The molecule has 3 aromatic heterocycles. The number of fused-ring (bicyclic) bond motifs is 4. The molecule has 2 aliphatic heterocycles. The van der Waals surface area contributed by atoms with Crippen LogP contribution in [0.3, 0.4) is 0 Å². The minimum absolute atomic E-state index is 0.136. The van der Waals surface area contributed by atoms with Crippen LogP contribution in [0, 0.1) is 0 Å². The number of piperidine rings is 1. The van der Waals surface area contributed by atoms with Crippen LogP contribution in [0.2, 0.25) is 0 Å². The van der Waals surface area contributed by atoms with Crippen molar-refractivity contribution in [2.75, 3.05) is 18.0 Å². The molecule has 6 heteroatoms. The molecule has 5 rings (SSSR count). The number of nitrogens with zero attached hydrogens (tertiary/aromatic N) is 4. The topological polar surface area (TPSA) is 51.1 Å². The minimum Gasteiger partial charge on any atom is -0.370 e. The summed E-state index contributed by atoms with van der Waals surface area (Å²) in [5.74, 6) is 1.09. The van der Waals surface area contributed by atoms with Crippen LogP contribution in [0.5, 0.6) is 0 Å². The van der Waals surface area contributed by atoms with Crippen molar-refractivity contribution in [3.05, 3.63) is 23.7 Å². The van der Waals surface area contributed by atoms with E-state index in [0.717, 1.165) is 41.1 Å². The van der Waals surface area contributed by atoms with Gasteiger partial charge in [0.2, 0.25) is 0 Å². The number of rotatable bonds is 1. The fraction of sp³-hybridized carbons (Fsp3) is 0.526. The van der Waals surface area contributed by atoms with Gasteiger partial charge < -0.3 is 9.64 Å². The number of ether oxygens (including phenoxy) is 1. The lowest BCUT2D eigenvalue weighted by molar-refractivity contribution is -0.0411. The molecule has 1 saturated heterocycles. The van der Waals surface area contributed by atoms with E-state index in [9.17, 15) is 0 Å². The minimum atomic E-state index is -0.136. The number of thiophene rings is 1. The molecule has 1 fully saturated rings. The molecule has 0 aliphatic carbocycles. The van der Waals surface area contributed by atoms with Crippen molar-refractivity contribution in [1.29, 1.82) is 0 Å². The van der Waals surface area contributed by atoms with Crippen LogP contribution in [-0.4, -0.2) is 33.6 Å². The number of hydrogen-bond acceptors (Lipinski definition) is 6. The molecule has 5 nitrogen and oxygen atoms in total. The van der Waals surface area contributed by atoms with Crippen molar-refractivity contribution < 1.29 is 4.74 Å². The Morgan fingerprint density at radius 3 is 2.84 bits per heavy atom. The average molecular weight is 354 g/mol. The first-order chi connectivity index (χ1) is 12.1. The summed E-state index contributed by atoms with van der Waals surface area (Å²) in [6.45, 7) is 7.07.